The van der Waals surface area contributed by atoms with Crippen molar-refractivity contribution in [3.63, 3.8) is 0 Å². The Balaban J connectivity index is 1.62. The zero-order chi connectivity index (χ0) is 15.4. The summed E-state index contributed by atoms with van der Waals surface area (Å²) >= 11 is 0. The van der Waals surface area contributed by atoms with E-state index in [9.17, 15) is 4.79 Å². The highest BCUT2D eigenvalue weighted by Gasteiger charge is 2.39. The fraction of sp³-hybridized carbons (Fsp3) is 0.588. The van der Waals surface area contributed by atoms with Crippen molar-refractivity contribution >= 4 is 11.7 Å². The van der Waals surface area contributed by atoms with Gasteiger partial charge < -0.3 is 19.7 Å². The average molecular weight is 304 g/mol. The molecule has 1 heterocycles. The predicted molar refractivity (Wildman–Crippen MR) is 85.3 cm³/mol. The van der Waals surface area contributed by atoms with Gasteiger partial charge in [0.2, 0.25) is 0 Å². The Kier molecular flexibility index (Phi) is 4.83. The van der Waals surface area contributed by atoms with Gasteiger partial charge in [-0.2, -0.15) is 0 Å². The number of hydrogen-bond donors (Lipinski definition) is 1. The molecule has 1 saturated carbocycles. The molecule has 0 radical (unpaired) electrons. The van der Waals surface area contributed by atoms with Gasteiger partial charge in [0, 0.05) is 18.3 Å². The monoisotopic (exact) mass is 304 g/mol. The van der Waals surface area contributed by atoms with Crippen LogP contribution in [0.3, 0.4) is 0 Å². The van der Waals surface area contributed by atoms with Crippen molar-refractivity contribution in [1.29, 1.82) is 0 Å². The van der Waals surface area contributed by atoms with Crippen LogP contribution in [0.4, 0.5) is 10.5 Å². The second kappa shape index (κ2) is 7.01. The van der Waals surface area contributed by atoms with Crippen molar-refractivity contribution < 1.29 is 14.3 Å². The van der Waals surface area contributed by atoms with Crippen molar-refractivity contribution in [3.05, 3.63) is 24.3 Å². The zero-order valence-electron chi connectivity index (χ0n) is 13.1. The minimum Gasteiger partial charge on any atom is -0.494 e. The van der Waals surface area contributed by atoms with Crippen molar-refractivity contribution in [1.82, 2.24) is 4.90 Å². The van der Waals surface area contributed by atoms with Crippen molar-refractivity contribution in [2.24, 2.45) is 5.92 Å². The van der Waals surface area contributed by atoms with E-state index in [1.807, 2.05) is 29.2 Å². The molecule has 120 valence electrons. The number of benzene rings is 1. The molecular formula is C17H24N2O3. The molecule has 1 atom stereocenters. The van der Waals surface area contributed by atoms with Gasteiger partial charge in [0.25, 0.3) is 0 Å². The lowest BCUT2D eigenvalue weighted by Crippen LogP contribution is -2.51. The van der Waals surface area contributed by atoms with Gasteiger partial charge in [-0.3, -0.25) is 0 Å². The first-order chi connectivity index (χ1) is 10.8. The number of carbonyl (C=O) groups is 1. The van der Waals surface area contributed by atoms with Crippen LogP contribution in [0.1, 0.15) is 26.2 Å². The number of carbonyl (C=O) groups excluding carboxylic acids is 1. The van der Waals surface area contributed by atoms with Crippen LogP contribution in [-0.4, -0.2) is 43.3 Å². The van der Waals surface area contributed by atoms with Crippen molar-refractivity contribution in [2.75, 3.05) is 31.7 Å². The largest absolute Gasteiger partial charge is 0.494 e. The summed E-state index contributed by atoms with van der Waals surface area (Å²) in [6.45, 7) is 4.71. The minimum atomic E-state index is -0.0344. The molecule has 1 aromatic rings. The number of morpholine rings is 1. The van der Waals surface area contributed by atoms with E-state index >= 15 is 0 Å². The van der Waals surface area contributed by atoms with E-state index in [1.54, 1.807) is 0 Å². The topological polar surface area (TPSA) is 50.8 Å². The van der Waals surface area contributed by atoms with Crippen LogP contribution in [0.5, 0.6) is 5.75 Å². The molecule has 0 spiro atoms. The lowest BCUT2D eigenvalue weighted by atomic mass is 10.1. The van der Waals surface area contributed by atoms with Crippen LogP contribution in [0.25, 0.3) is 0 Å². The van der Waals surface area contributed by atoms with Crippen LogP contribution >= 0.6 is 0 Å². The molecule has 1 aliphatic heterocycles. The van der Waals surface area contributed by atoms with Crippen LogP contribution in [0, 0.1) is 5.92 Å². The van der Waals surface area contributed by atoms with Gasteiger partial charge >= 0.3 is 6.03 Å². The number of urea groups is 1. The Morgan fingerprint density at radius 1 is 1.45 bits per heavy atom. The van der Waals surface area contributed by atoms with Gasteiger partial charge in [-0.15, -0.1) is 0 Å². The molecule has 2 aliphatic rings. The van der Waals surface area contributed by atoms with Crippen molar-refractivity contribution in [3.8, 4) is 5.75 Å². The maximum absolute atomic E-state index is 12.6. The summed E-state index contributed by atoms with van der Waals surface area (Å²) in [7, 11) is 0. The Bertz CT molecular complexity index is 516. The number of amides is 2. The first-order valence-electron chi connectivity index (χ1n) is 8.16. The number of ether oxygens (including phenoxy) is 2. The lowest BCUT2D eigenvalue weighted by Gasteiger charge is -2.35. The summed E-state index contributed by atoms with van der Waals surface area (Å²) in [5, 5.41) is 2.99. The fourth-order valence-corrected chi connectivity index (χ4v) is 2.83. The zero-order valence-corrected chi connectivity index (χ0v) is 13.1. The first-order valence-corrected chi connectivity index (χ1v) is 8.16. The summed E-state index contributed by atoms with van der Waals surface area (Å²) in [5.41, 5.74) is 0.777. The normalized spacial score (nSPS) is 21.5. The van der Waals surface area contributed by atoms with E-state index < -0.39 is 0 Å². The van der Waals surface area contributed by atoms with E-state index in [0.717, 1.165) is 17.9 Å². The fourth-order valence-electron chi connectivity index (χ4n) is 2.83. The van der Waals surface area contributed by atoms with Gasteiger partial charge in [-0.1, -0.05) is 13.0 Å². The summed E-state index contributed by atoms with van der Waals surface area (Å²) in [6, 6.07) is 7.77. The standard InChI is InChI=1S/C17H24N2O3/c1-2-9-22-15-5-3-4-14(11-15)18-17(20)19-8-10-21-12-16(19)13-6-7-13/h3-5,11,13,16H,2,6-10,12H2,1H3,(H,18,20)/t16-/m0/s1. The van der Waals surface area contributed by atoms with Gasteiger partial charge in [-0.25, -0.2) is 4.79 Å². The van der Waals surface area contributed by atoms with Gasteiger partial charge in [0.1, 0.15) is 5.75 Å². The summed E-state index contributed by atoms with van der Waals surface area (Å²) in [6.07, 6.45) is 3.38. The van der Waals surface area contributed by atoms with E-state index in [0.29, 0.717) is 32.3 Å². The summed E-state index contributed by atoms with van der Waals surface area (Å²) in [4.78, 5) is 14.5. The minimum absolute atomic E-state index is 0.0344. The van der Waals surface area contributed by atoms with E-state index in [1.165, 1.54) is 12.8 Å². The lowest BCUT2D eigenvalue weighted by molar-refractivity contribution is 0.00773. The van der Waals surface area contributed by atoms with Gasteiger partial charge in [0.15, 0.2) is 0 Å². The third kappa shape index (κ3) is 3.71. The molecule has 0 aromatic heterocycles. The molecule has 1 saturated heterocycles. The van der Waals surface area contributed by atoms with E-state index in [4.69, 9.17) is 9.47 Å². The van der Waals surface area contributed by atoms with Gasteiger partial charge in [0.05, 0.1) is 25.9 Å². The molecule has 3 rings (SSSR count). The first kappa shape index (κ1) is 15.2. The molecule has 0 bridgehead atoms. The maximum Gasteiger partial charge on any atom is 0.322 e. The second-order valence-corrected chi connectivity index (χ2v) is 5.98. The van der Waals surface area contributed by atoms with Gasteiger partial charge in [-0.05, 0) is 37.3 Å². The maximum atomic E-state index is 12.6. The number of rotatable bonds is 5. The van der Waals surface area contributed by atoms with Crippen LogP contribution in [-0.2, 0) is 4.74 Å². The van der Waals surface area contributed by atoms with Crippen LogP contribution in [0.2, 0.25) is 0 Å². The molecule has 1 N–H and O–H groups in total. The van der Waals surface area contributed by atoms with Crippen molar-refractivity contribution in [2.45, 2.75) is 32.2 Å². The van der Waals surface area contributed by atoms with E-state index in [-0.39, 0.29) is 12.1 Å². The molecule has 22 heavy (non-hydrogen) atoms. The molecule has 5 heteroatoms. The SMILES string of the molecule is CCCOc1cccc(NC(=O)N2CCOC[C@H]2C2CC2)c1. The molecule has 0 unspecified atom stereocenters. The molecule has 5 nitrogen and oxygen atoms in total. The highest BCUT2D eigenvalue weighted by atomic mass is 16.5. The summed E-state index contributed by atoms with van der Waals surface area (Å²) in [5.74, 6) is 1.41. The molecule has 2 amide bonds. The molecule has 1 aromatic carbocycles. The predicted octanol–water partition coefficient (Wildman–Crippen LogP) is 3.12. The Morgan fingerprint density at radius 3 is 3.09 bits per heavy atom. The van der Waals surface area contributed by atoms with Crippen LogP contribution in [0.15, 0.2) is 24.3 Å². The smallest absolute Gasteiger partial charge is 0.322 e. The number of hydrogen-bond acceptors (Lipinski definition) is 3. The second-order valence-electron chi connectivity index (χ2n) is 5.98. The Hall–Kier alpha value is -1.75. The Labute approximate surface area is 131 Å². The summed E-state index contributed by atoms with van der Waals surface area (Å²) < 4.78 is 11.1. The van der Waals surface area contributed by atoms with Crippen LogP contribution < -0.4 is 10.1 Å². The number of anilines is 1. The number of nitrogens with zero attached hydrogens (tertiary/aromatic N) is 1. The third-order valence-corrected chi connectivity index (χ3v) is 4.15. The third-order valence-electron chi connectivity index (χ3n) is 4.15. The quantitative estimate of drug-likeness (QED) is 0.909. The molecule has 2 fully saturated rings. The molecular weight excluding hydrogens is 280 g/mol. The average Bonchev–Trinajstić information content (AvgIpc) is 3.38. The van der Waals surface area contributed by atoms with E-state index in [2.05, 4.69) is 12.2 Å². The Morgan fingerprint density at radius 2 is 2.32 bits per heavy atom. The highest BCUT2D eigenvalue weighted by Crippen LogP contribution is 2.36. The number of nitrogens with one attached hydrogen (secondary N) is 1. The molecule has 1 aliphatic carbocycles. The highest BCUT2D eigenvalue weighted by molar-refractivity contribution is 5.89.